The number of rotatable bonds is 4. The van der Waals surface area contributed by atoms with E-state index in [4.69, 9.17) is 11.6 Å². The lowest BCUT2D eigenvalue weighted by atomic mass is 10.1. The lowest BCUT2D eigenvalue weighted by Gasteiger charge is -2.05. The number of aryl methyl sites for hydroxylation is 3. The van der Waals surface area contributed by atoms with Crippen LogP contribution in [0.5, 0.6) is 0 Å². The van der Waals surface area contributed by atoms with Gasteiger partial charge in [0.05, 0.1) is 27.8 Å². The molecule has 0 N–H and O–H groups in total. The summed E-state index contributed by atoms with van der Waals surface area (Å²) in [5.74, 6) is 0.737. The Morgan fingerprint density at radius 3 is 2.48 bits per heavy atom. The number of halogens is 1. The van der Waals surface area contributed by atoms with Crippen LogP contribution in [-0.2, 0) is 13.5 Å². The molecule has 0 aliphatic carbocycles. The zero-order valence-electron chi connectivity index (χ0n) is 15.4. The molecule has 0 aliphatic heterocycles. The third kappa shape index (κ3) is 3.36. The van der Waals surface area contributed by atoms with Gasteiger partial charge in [-0.1, -0.05) is 41.9 Å². The highest BCUT2D eigenvalue weighted by molar-refractivity contribution is 6.33. The van der Waals surface area contributed by atoms with Crippen molar-refractivity contribution < 1.29 is 0 Å². The summed E-state index contributed by atoms with van der Waals surface area (Å²) in [6.45, 7) is 3.97. The summed E-state index contributed by atoms with van der Waals surface area (Å²) in [5, 5.41) is 9.74. The van der Waals surface area contributed by atoms with Crippen molar-refractivity contribution in [3.63, 3.8) is 0 Å². The van der Waals surface area contributed by atoms with Crippen LogP contribution in [0.1, 0.15) is 22.8 Å². The van der Waals surface area contributed by atoms with Gasteiger partial charge in [-0.05, 0) is 19.9 Å². The SMILES string of the molecule is Cc1cc(C)n(-c2cc(Cc3nn(C)c(-c4ccccc4)c3Cl)ncn2)n1. The Labute approximate surface area is 162 Å². The summed E-state index contributed by atoms with van der Waals surface area (Å²) in [4.78, 5) is 8.74. The molecule has 1 aromatic carbocycles. The third-order valence-corrected chi connectivity index (χ3v) is 4.78. The monoisotopic (exact) mass is 378 g/mol. The van der Waals surface area contributed by atoms with Crippen LogP contribution in [0, 0.1) is 13.8 Å². The van der Waals surface area contributed by atoms with Crippen molar-refractivity contribution in [1.29, 1.82) is 0 Å². The summed E-state index contributed by atoms with van der Waals surface area (Å²) < 4.78 is 3.63. The molecule has 0 amide bonds. The van der Waals surface area contributed by atoms with Gasteiger partial charge in [0.2, 0.25) is 0 Å². The van der Waals surface area contributed by atoms with Crippen molar-refractivity contribution in [2.75, 3.05) is 0 Å². The minimum atomic E-state index is 0.522. The van der Waals surface area contributed by atoms with E-state index in [1.807, 2.05) is 72.7 Å². The molecule has 3 heterocycles. The quantitative estimate of drug-likeness (QED) is 0.540. The minimum Gasteiger partial charge on any atom is -0.266 e. The highest BCUT2D eigenvalue weighted by Gasteiger charge is 2.17. The van der Waals surface area contributed by atoms with Crippen LogP contribution < -0.4 is 0 Å². The molecular weight excluding hydrogens is 360 g/mol. The van der Waals surface area contributed by atoms with Crippen LogP contribution in [0.2, 0.25) is 5.02 Å². The first kappa shape index (κ1) is 17.4. The van der Waals surface area contributed by atoms with Crippen molar-refractivity contribution in [1.82, 2.24) is 29.5 Å². The molecule has 3 aromatic heterocycles. The van der Waals surface area contributed by atoms with Gasteiger partial charge < -0.3 is 0 Å². The molecule has 27 heavy (non-hydrogen) atoms. The maximum atomic E-state index is 6.66. The van der Waals surface area contributed by atoms with Gasteiger partial charge in [-0.3, -0.25) is 4.68 Å². The molecule has 7 heteroatoms. The lowest BCUT2D eigenvalue weighted by molar-refractivity contribution is 0.751. The number of benzene rings is 1. The van der Waals surface area contributed by atoms with Gasteiger partial charge in [-0.2, -0.15) is 10.2 Å². The highest BCUT2D eigenvalue weighted by atomic mass is 35.5. The molecule has 0 spiro atoms. The summed E-state index contributed by atoms with van der Waals surface area (Å²) in [6, 6.07) is 14.0. The second-order valence-corrected chi connectivity index (χ2v) is 6.86. The largest absolute Gasteiger partial charge is 0.266 e. The molecule has 0 radical (unpaired) electrons. The Morgan fingerprint density at radius 2 is 1.78 bits per heavy atom. The molecule has 136 valence electrons. The maximum absolute atomic E-state index is 6.66. The molecule has 0 aliphatic rings. The molecule has 0 atom stereocenters. The predicted molar refractivity (Wildman–Crippen MR) is 105 cm³/mol. The summed E-state index contributed by atoms with van der Waals surface area (Å²) in [7, 11) is 1.90. The van der Waals surface area contributed by atoms with Gasteiger partial charge in [0.15, 0.2) is 5.82 Å². The zero-order valence-corrected chi connectivity index (χ0v) is 16.1. The van der Waals surface area contributed by atoms with Gasteiger partial charge in [0.25, 0.3) is 0 Å². The molecule has 0 saturated carbocycles. The van der Waals surface area contributed by atoms with Crippen molar-refractivity contribution in [2.45, 2.75) is 20.3 Å². The van der Waals surface area contributed by atoms with E-state index >= 15 is 0 Å². The Balaban J connectivity index is 1.68. The van der Waals surface area contributed by atoms with Gasteiger partial charge >= 0.3 is 0 Å². The molecule has 0 unspecified atom stereocenters. The Kier molecular flexibility index (Phi) is 4.49. The topological polar surface area (TPSA) is 61.4 Å². The van der Waals surface area contributed by atoms with Crippen LogP contribution >= 0.6 is 11.6 Å². The first-order valence-electron chi connectivity index (χ1n) is 8.64. The first-order valence-corrected chi connectivity index (χ1v) is 9.02. The predicted octanol–water partition coefficient (Wildman–Crippen LogP) is 3.92. The zero-order chi connectivity index (χ0) is 19.0. The molecule has 0 fully saturated rings. The number of nitrogens with zero attached hydrogens (tertiary/aromatic N) is 6. The fraction of sp³-hybridized carbons (Fsp3) is 0.200. The van der Waals surface area contributed by atoms with E-state index in [0.717, 1.165) is 39.9 Å². The van der Waals surface area contributed by atoms with Gasteiger partial charge in [0.1, 0.15) is 6.33 Å². The fourth-order valence-electron chi connectivity index (χ4n) is 3.21. The standard InChI is InChI=1S/C20H19ClN6/c1-13-9-14(2)27(24-13)18-11-16(22-12-23-18)10-17-19(21)20(26(3)25-17)15-7-5-4-6-8-15/h4-9,11-12H,10H2,1-3H3. The third-order valence-electron chi connectivity index (χ3n) is 4.39. The summed E-state index contributed by atoms with van der Waals surface area (Å²) in [6.07, 6.45) is 2.07. The molecule has 4 aromatic rings. The fourth-order valence-corrected chi connectivity index (χ4v) is 3.54. The molecule has 6 nitrogen and oxygen atoms in total. The molecule has 0 bridgehead atoms. The van der Waals surface area contributed by atoms with E-state index in [0.29, 0.717) is 11.4 Å². The van der Waals surface area contributed by atoms with E-state index in [-0.39, 0.29) is 0 Å². The van der Waals surface area contributed by atoms with Crippen LogP contribution in [0.25, 0.3) is 17.1 Å². The van der Waals surface area contributed by atoms with E-state index in [1.54, 1.807) is 6.33 Å². The second kappa shape index (κ2) is 6.96. The minimum absolute atomic E-state index is 0.522. The summed E-state index contributed by atoms with van der Waals surface area (Å²) in [5.41, 5.74) is 5.55. The lowest BCUT2D eigenvalue weighted by Crippen LogP contribution is -2.05. The van der Waals surface area contributed by atoms with Crippen LogP contribution in [0.4, 0.5) is 0 Å². The Bertz CT molecular complexity index is 1100. The van der Waals surface area contributed by atoms with Crippen LogP contribution in [-0.4, -0.2) is 29.5 Å². The normalized spacial score (nSPS) is 11.1. The van der Waals surface area contributed by atoms with Gasteiger partial charge in [0, 0.05) is 30.8 Å². The van der Waals surface area contributed by atoms with Crippen molar-refractivity contribution in [3.8, 4) is 17.1 Å². The second-order valence-electron chi connectivity index (χ2n) is 6.48. The highest BCUT2D eigenvalue weighted by Crippen LogP contribution is 2.31. The van der Waals surface area contributed by atoms with E-state index in [1.165, 1.54) is 0 Å². The van der Waals surface area contributed by atoms with Crippen LogP contribution in [0.15, 0.2) is 48.8 Å². The maximum Gasteiger partial charge on any atom is 0.157 e. The average molecular weight is 379 g/mol. The Hall–Kier alpha value is -2.99. The number of hydrogen-bond donors (Lipinski definition) is 0. The van der Waals surface area contributed by atoms with Crippen molar-refractivity contribution >= 4 is 11.6 Å². The average Bonchev–Trinajstić information content (AvgIpc) is 3.14. The van der Waals surface area contributed by atoms with E-state index in [2.05, 4.69) is 20.2 Å². The smallest absolute Gasteiger partial charge is 0.157 e. The van der Waals surface area contributed by atoms with Gasteiger partial charge in [-0.15, -0.1) is 0 Å². The first-order chi connectivity index (χ1) is 13.0. The number of hydrogen-bond acceptors (Lipinski definition) is 4. The molecular formula is C20H19ClN6. The Morgan fingerprint density at radius 1 is 1.00 bits per heavy atom. The number of aromatic nitrogens is 6. The molecule has 4 rings (SSSR count). The molecule has 0 saturated heterocycles. The van der Waals surface area contributed by atoms with Gasteiger partial charge in [-0.25, -0.2) is 14.6 Å². The summed E-state index contributed by atoms with van der Waals surface area (Å²) >= 11 is 6.66. The van der Waals surface area contributed by atoms with E-state index < -0.39 is 0 Å². The van der Waals surface area contributed by atoms with Crippen molar-refractivity contribution in [2.24, 2.45) is 7.05 Å². The van der Waals surface area contributed by atoms with Crippen molar-refractivity contribution in [3.05, 3.63) is 76.6 Å². The van der Waals surface area contributed by atoms with Crippen LogP contribution in [0.3, 0.4) is 0 Å². The van der Waals surface area contributed by atoms with E-state index in [9.17, 15) is 0 Å².